The molecule has 1 fully saturated rings. The van der Waals surface area contributed by atoms with E-state index in [-0.39, 0.29) is 18.6 Å². The number of aryl methyl sites for hydroxylation is 1. The topological polar surface area (TPSA) is 52.6 Å². The summed E-state index contributed by atoms with van der Waals surface area (Å²) < 4.78 is 0. The van der Waals surface area contributed by atoms with Crippen LogP contribution in [0, 0.1) is 12.8 Å². The van der Waals surface area contributed by atoms with Gasteiger partial charge in [-0.25, -0.2) is 4.79 Å². The average Bonchev–Trinajstić information content (AvgIpc) is 2.82. The molecule has 0 aliphatic carbocycles. The van der Waals surface area contributed by atoms with Gasteiger partial charge in [0.1, 0.15) is 0 Å². The van der Waals surface area contributed by atoms with E-state index in [0.29, 0.717) is 23.8 Å². The number of hydrogen-bond acceptors (Lipinski definition) is 2. The number of urea groups is 1. The second-order valence-electron chi connectivity index (χ2n) is 4.68. The van der Waals surface area contributed by atoms with Crippen LogP contribution in [-0.2, 0) is 0 Å². The SMILES string of the molecule is Cc1ccc(NC(=O)N2CCC(CO)C2)cc1Cl. The molecule has 98 valence electrons. The number of halogens is 1. The molecule has 2 amide bonds. The van der Waals surface area contributed by atoms with Crippen molar-refractivity contribution >= 4 is 23.3 Å². The van der Waals surface area contributed by atoms with E-state index in [9.17, 15) is 4.79 Å². The Morgan fingerprint density at radius 2 is 2.39 bits per heavy atom. The van der Waals surface area contributed by atoms with Crippen molar-refractivity contribution < 1.29 is 9.90 Å². The first-order valence-electron chi connectivity index (χ1n) is 6.03. The first kappa shape index (κ1) is 13.2. The molecule has 0 saturated carbocycles. The van der Waals surface area contributed by atoms with Crippen LogP contribution in [0.25, 0.3) is 0 Å². The lowest BCUT2D eigenvalue weighted by atomic mass is 10.1. The maximum Gasteiger partial charge on any atom is 0.321 e. The number of rotatable bonds is 2. The molecular formula is C13H17ClN2O2. The Morgan fingerprint density at radius 1 is 1.61 bits per heavy atom. The highest BCUT2D eigenvalue weighted by Crippen LogP contribution is 2.21. The number of aliphatic hydroxyl groups excluding tert-OH is 1. The summed E-state index contributed by atoms with van der Waals surface area (Å²) >= 11 is 6.00. The molecule has 1 aliphatic rings. The fraction of sp³-hybridized carbons (Fsp3) is 0.462. The maximum atomic E-state index is 12.0. The van der Waals surface area contributed by atoms with Crippen LogP contribution in [-0.4, -0.2) is 35.7 Å². The minimum atomic E-state index is -0.133. The standard InChI is InChI=1S/C13H17ClN2O2/c1-9-2-3-11(6-12(9)14)15-13(18)16-5-4-10(7-16)8-17/h2-3,6,10,17H,4-5,7-8H2,1H3,(H,15,18). The van der Waals surface area contributed by atoms with E-state index in [1.54, 1.807) is 11.0 Å². The molecular weight excluding hydrogens is 252 g/mol. The highest BCUT2D eigenvalue weighted by molar-refractivity contribution is 6.31. The molecule has 1 unspecified atom stereocenters. The third kappa shape index (κ3) is 2.94. The minimum absolute atomic E-state index is 0.133. The van der Waals surface area contributed by atoms with Crippen molar-refractivity contribution in [1.29, 1.82) is 0 Å². The lowest BCUT2D eigenvalue weighted by Crippen LogP contribution is -2.33. The molecule has 1 atom stereocenters. The Labute approximate surface area is 112 Å². The second kappa shape index (κ2) is 5.59. The Bertz CT molecular complexity index is 451. The van der Waals surface area contributed by atoms with Crippen molar-refractivity contribution in [3.8, 4) is 0 Å². The summed E-state index contributed by atoms with van der Waals surface area (Å²) in [6.07, 6.45) is 0.860. The summed E-state index contributed by atoms with van der Waals surface area (Å²) in [5, 5.41) is 12.5. The first-order chi connectivity index (χ1) is 8.60. The number of carbonyl (C=O) groups excluding carboxylic acids is 1. The van der Waals surface area contributed by atoms with E-state index >= 15 is 0 Å². The number of benzene rings is 1. The van der Waals surface area contributed by atoms with Gasteiger partial charge in [-0.1, -0.05) is 17.7 Å². The van der Waals surface area contributed by atoms with Crippen LogP contribution in [0.15, 0.2) is 18.2 Å². The fourth-order valence-corrected chi connectivity index (χ4v) is 2.22. The number of likely N-dealkylation sites (tertiary alicyclic amines) is 1. The van der Waals surface area contributed by atoms with Gasteiger partial charge in [-0.15, -0.1) is 0 Å². The Balaban J connectivity index is 1.97. The molecule has 0 spiro atoms. The van der Waals surface area contributed by atoms with Crippen molar-refractivity contribution in [3.05, 3.63) is 28.8 Å². The largest absolute Gasteiger partial charge is 0.396 e. The van der Waals surface area contributed by atoms with E-state index < -0.39 is 0 Å². The predicted octanol–water partition coefficient (Wildman–Crippen LogP) is 2.49. The molecule has 0 aromatic heterocycles. The van der Waals surface area contributed by atoms with E-state index in [1.807, 2.05) is 19.1 Å². The lowest BCUT2D eigenvalue weighted by molar-refractivity contribution is 0.209. The third-order valence-corrected chi connectivity index (χ3v) is 3.66. The van der Waals surface area contributed by atoms with Gasteiger partial charge in [0.25, 0.3) is 0 Å². The van der Waals surface area contributed by atoms with E-state index in [2.05, 4.69) is 5.32 Å². The average molecular weight is 269 g/mol. The molecule has 0 radical (unpaired) electrons. The van der Waals surface area contributed by atoms with Gasteiger partial charge in [0, 0.05) is 36.3 Å². The van der Waals surface area contributed by atoms with Crippen molar-refractivity contribution in [2.75, 3.05) is 25.0 Å². The molecule has 5 heteroatoms. The summed E-state index contributed by atoms with van der Waals surface area (Å²) in [6.45, 7) is 3.36. The van der Waals surface area contributed by atoms with Crippen LogP contribution >= 0.6 is 11.6 Å². The molecule has 1 aliphatic heterocycles. The molecule has 2 N–H and O–H groups in total. The van der Waals surface area contributed by atoms with Gasteiger partial charge in [-0.05, 0) is 31.0 Å². The van der Waals surface area contributed by atoms with Crippen LogP contribution in [0.4, 0.5) is 10.5 Å². The number of nitrogens with one attached hydrogen (secondary N) is 1. The molecule has 1 heterocycles. The van der Waals surface area contributed by atoms with Crippen molar-refractivity contribution in [2.45, 2.75) is 13.3 Å². The number of amides is 2. The second-order valence-corrected chi connectivity index (χ2v) is 5.08. The molecule has 1 aromatic carbocycles. The monoisotopic (exact) mass is 268 g/mol. The van der Waals surface area contributed by atoms with E-state index in [1.165, 1.54) is 0 Å². The fourth-order valence-electron chi connectivity index (χ4n) is 2.04. The van der Waals surface area contributed by atoms with Crippen LogP contribution in [0.5, 0.6) is 0 Å². The Morgan fingerprint density at radius 3 is 3.00 bits per heavy atom. The van der Waals surface area contributed by atoms with E-state index in [0.717, 1.165) is 12.0 Å². The number of aliphatic hydroxyl groups is 1. The summed E-state index contributed by atoms with van der Waals surface area (Å²) in [5.74, 6) is 0.206. The zero-order valence-electron chi connectivity index (χ0n) is 10.3. The summed E-state index contributed by atoms with van der Waals surface area (Å²) in [5.41, 5.74) is 1.68. The molecule has 1 saturated heterocycles. The lowest BCUT2D eigenvalue weighted by Gasteiger charge is -2.17. The van der Waals surface area contributed by atoms with Crippen LogP contribution in [0.3, 0.4) is 0 Å². The number of anilines is 1. The quantitative estimate of drug-likeness (QED) is 0.866. The zero-order chi connectivity index (χ0) is 13.1. The Hall–Kier alpha value is -1.26. The van der Waals surface area contributed by atoms with Gasteiger partial charge in [-0.3, -0.25) is 0 Å². The maximum absolute atomic E-state index is 12.0. The van der Waals surface area contributed by atoms with Crippen LogP contribution < -0.4 is 5.32 Å². The van der Waals surface area contributed by atoms with Gasteiger partial charge < -0.3 is 15.3 Å². The van der Waals surface area contributed by atoms with Crippen molar-refractivity contribution in [2.24, 2.45) is 5.92 Å². The van der Waals surface area contributed by atoms with Crippen LogP contribution in [0.1, 0.15) is 12.0 Å². The highest BCUT2D eigenvalue weighted by Gasteiger charge is 2.25. The first-order valence-corrected chi connectivity index (χ1v) is 6.41. The highest BCUT2D eigenvalue weighted by atomic mass is 35.5. The van der Waals surface area contributed by atoms with Gasteiger partial charge in [0.15, 0.2) is 0 Å². The number of hydrogen-bond donors (Lipinski definition) is 2. The molecule has 4 nitrogen and oxygen atoms in total. The predicted molar refractivity (Wildman–Crippen MR) is 72.0 cm³/mol. The number of nitrogens with zero attached hydrogens (tertiary/aromatic N) is 1. The van der Waals surface area contributed by atoms with E-state index in [4.69, 9.17) is 16.7 Å². The molecule has 18 heavy (non-hydrogen) atoms. The van der Waals surface area contributed by atoms with Gasteiger partial charge >= 0.3 is 6.03 Å². The smallest absolute Gasteiger partial charge is 0.321 e. The van der Waals surface area contributed by atoms with Crippen molar-refractivity contribution in [3.63, 3.8) is 0 Å². The number of carbonyl (C=O) groups is 1. The van der Waals surface area contributed by atoms with Crippen LogP contribution in [0.2, 0.25) is 5.02 Å². The normalized spacial score (nSPS) is 19.1. The minimum Gasteiger partial charge on any atom is -0.396 e. The zero-order valence-corrected chi connectivity index (χ0v) is 11.1. The third-order valence-electron chi connectivity index (χ3n) is 3.25. The van der Waals surface area contributed by atoms with Gasteiger partial charge in [0.05, 0.1) is 0 Å². The van der Waals surface area contributed by atoms with Gasteiger partial charge in [0.2, 0.25) is 0 Å². The molecule has 1 aromatic rings. The molecule has 0 bridgehead atoms. The molecule has 2 rings (SSSR count). The Kier molecular flexibility index (Phi) is 4.09. The van der Waals surface area contributed by atoms with Crippen molar-refractivity contribution in [1.82, 2.24) is 4.90 Å². The summed E-state index contributed by atoms with van der Waals surface area (Å²) in [7, 11) is 0. The summed E-state index contributed by atoms with van der Waals surface area (Å²) in [6, 6.07) is 5.32. The summed E-state index contributed by atoms with van der Waals surface area (Å²) in [4.78, 5) is 13.7. The van der Waals surface area contributed by atoms with Gasteiger partial charge in [-0.2, -0.15) is 0 Å².